The second-order valence-corrected chi connectivity index (χ2v) is 5.66. The van der Waals surface area contributed by atoms with E-state index in [9.17, 15) is 4.79 Å². The van der Waals surface area contributed by atoms with E-state index in [0.717, 1.165) is 5.56 Å². The molecule has 0 atom stereocenters. The SMILES string of the molecule is CCOC(=O)/C(C#N)=C(\C)c1ccc(C(C)(C)C)cc1. The number of nitriles is 1. The standard InChI is InChI=1S/C17H21NO2/c1-6-20-16(19)15(11-18)12(2)13-7-9-14(10-8-13)17(3,4)5/h7-10H,6H2,1-5H3/b15-12+. The Kier molecular flexibility index (Phi) is 5.10. The molecule has 0 aliphatic heterocycles. The van der Waals surface area contributed by atoms with Crippen LogP contribution in [0.5, 0.6) is 0 Å². The van der Waals surface area contributed by atoms with Gasteiger partial charge in [-0.3, -0.25) is 0 Å². The minimum atomic E-state index is -0.563. The molecule has 1 aromatic rings. The monoisotopic (exact) mass is 271 g/mol. The van der Waals surface area contributed by atoms with Crippen molar-refractivity contribution in [3.8, 4) is 6.07 Å². The average Bonchev–Trinajstić information content (AvgIpc) is 2.39. The Bertz CT molecular complexity index is 554. The van der Waals surface area contributed by atoms with Crippen LogP contribution in [0.15, 0.2) is 29.8 Å². The number of esters is 1. The molecule has 0 heterocycles. The molecule has 20 heavy (non-hydrogen) atoms. The summed E-state index contributed by atoms with van der Waals surface area (Å²) in [5.41, 5.74) is 2.86. The van der Waals surface area contributed by atoms with E-state index in [1.54, 1.807) is 13.8 Å². The fraction of sp³-hybridized carbons (Fsp3) is 0.412. The maximum absolute atomic E-state index is 11.7. The van der Waals surface area contributed by atoms with E-state index in [2.05, 4.69) is 20.8 Å². The summed E-state index contributed by atoms with van der Waals surface area (Å²) < 4.78 is 4.90. The molecule has 3 heteroatoms. The van der Waals surface area contributed by atoms with Crippen LogP contribution in [-0.2, 0) is 14.9 Å². The normalized spacial score (nSPS) is 12.4. The Labute approximate surface area is 120 Å². The van der Waals surface area contributed by atoms with Gasteiger partial charge < -0.3 is 4.74 Å². The van der Waals surface area contributed by atoms with Crippen LogP contribution in [0, 0.1) is 11.3 Å². The number of ether oxygens (including phenoxy) is 1. The van der Waals surface area contributed by atoms with Gasteiger partial charge in [0.15, 0.2) is 0 Å². The third kappa shape index (κ3) is 3.71. The van der Waals surface area contributed by atoms with Crippen LogP contribution in [0.1, 0.15) is 45.7 Å². The number of nitrogens with zero attached hydrogens (tertiary/aromatic N) is 1. The molecule has 1 aromatic carbocycles. The lowest BCUT2D eigenvalue weighted by Crippen LogP contribution is -2.11. The van der Waals surface area contributed by atoms with Crippen LogP contribution in [0.2, 0.25) is 0 Å². The molecule has 0 aliphatic carbocycles. The molecular formula is C17H21NO2. The summed E-state index contributed by atoms with van der Waals surface area (Å²) in [5, 5.41) is 9.13. The lowest BCUT2D eigenvalue weighted by molar-refractivity contribution is -0.137. The summed E-state index contributed by atoms with van der Waals surface area (Å²) in [5.74, 6) is -0.563. The number of allylic oxidation sites excluding steroid dienone is 1. The molecule has 0 fully saturated rings. The average molecular weight is 271 g/mol. The molecule has 0 bridgehead atoms. The van der Waals surface area contributed by atoms with E-state index >= 15 is 0 Å². The lowest BCUT2D eigenvalue weighted by atomic mass is 9.86. The molecule has 0 amide bonds. The van der Waals surface area contributed by atoms with Gasteiger partial charge in [0.05, 0.1) is 6.61 Å². The first-order valence-corrected chi connectivity index (χ1v) is 6.70. The van der Waals surface area contributed by atoms with Crippen LogP contribution in [0.4, 0.5) is 0 Å². The summed E-state index contributed by atoms with van der Waals surface area (Å²) in [6, 6.07) is 9.86. The van der Waals surface area contributed by atoms with Gasteiger partial charge in [0, 0.05) is 0 Å². The second-order valence-electron chi connectivity index (χ2n) is 5.66. The quantitative estimate of drug-likeness (QED) is 0.476. The van der Waals surface area contributed by atoms with Crippen molar-refractivity contribution in [3.05, 3.63) is 41.0 Å². The van der Waals surface area contributed by atoms with Gasteiger partial charge in [-0.25, -0.2) is 4.79 Å². The van der Waals surface area contributed by atoms with Gasteiger partial charge in [-0.15, -0.1) is 0 Å². The number of hydrogen-bond acceptors (Lipinski definition) is 3. The fourth-order valence-corrected chi connectivity index (χ4v) is 1.85. The number of benzene rings is 1. The van der Waals surface area contributed by atoms with E-state index in [4.69, 9.17) is 10.00 Å². The first-order valence-electron chi connectivity index (χ1n) is 6.70. The highest BCUT2D eigenvalue weighted by molar-refractivity contribution is 6.01. The Morgan fingerprint density at radius 1 is 1.25 bits per heavy atom. The van der Waals surface area contributed by atoms with Gasteiger partial charge in [0.25, 0.3) is 0 Å². The van der Waals surface area contributed by atoms with Crippen LogP contribution in [0.3, 0.4) is 0 Å². The van der Waals surface area contributed by atoms with Crippen molar-refractivity contribution in [2.45, 2.75) is 40.0 Å². The first-order chi connectivity index (χ1) is 9.31. The van der Waals surface area contributed by atoms with Crippen molar-refractivity contribution in [2.24, 2.45) is 0 Å². The van der Waals surface area contributed by atoms with E-state index < -0.39 is 5.97 Å². The number of rotatable bonds is 3. The number of hydrogen-bond donors (Lipinski definition) is 0. The Morgan fingerprint density at radius 2 is 1.80 bits per heavy atom. The first kappa shape index (κ1) is 16.0. The van der Waals surface area contributed by atoms with Gasteiger partial charge in [0.2, 0.25) is 0 Å². The molecule has 0 unspecified atom stereocenters. The van der Waals surface area contributed by atoms with Crippen LogP contribution in [-0.4, -0.2) is 12.6 Å². The summed E-state index contributed by atoms with van der Waals surface area (Å²) >= 11 is 0. The number of carbonyl (C=O) groups is 1. The van der Waals surface area contributed by atoms with Crippen molar-refractivity contribution >= 4 is 11.5 Å². The van der Waals surface area contributed by atoms with Gasteiger partial charge in [-0.05, 0) is 36.0 Å². The summed E-state index contributed by atoms with van der Waals surface area (Å²) in [6.45, 7) is 10.2. The molecule has 0 saturated carbocycles. The van der Waals surface area contributed by atoms with Gasteiger partial charge in [-0.2, -0.15) is 5.26 Å². The lowest BCUT2D eigenvalue weighted by Gasteiger charge is -2.19. The third-order valence-electron chi connectivity index (χ3n) is 3.15. The topological polar surface area (TPSA) is 50.1 Å². The molecule has 0 saturated heterocycles. The highest BCUT2D eigenvalue weighted by Gasteiger charge is 2.16. The largest absolute Gasteiger partial charge is 0.462 e. The maximum Gasteiger partial charge on any atom is 0.349 e. The highest BCUT2D eigenvalue weighted by atomic mass is 16.5. The summed E-state index contributed by atoms with van der Waals surface area (Å²) in [4.78, 5) is 11.7. The van der Waals surface area contributed by atoms with Crippen LogP contribution < -0.4 is 0 Å². The predicted octanol–water partition coefficient (Wildman–Crippen LogP) is 3.84. The molecule has 0 radical (unpaired) electrons. The van der Waals surface area contributed by atoms with E-state index in [1.807, 2.05) is 30.3 Å². The fourth-order valence-electron chi connectivity index (χ4n) is 1.85. The minimum absolute atomic E-state index is 0.0651. The van der Waals surface area contributed by atoms with Crippen molar-refractivity contribution in [1.82, 2.24) is 0 Å². The third-order valence-corrected chi connectivity index (χ3v) is 3.15. The van der Waals surface area contributed by atoms with Crippen molar-refractivity contribution in [2.75, 3.05) is 6.61 Å². The molecule has 0 N–H and O–H groups in total. The molecule has 3 nitrogen and oxygen atoms in total. The zero-order valence-electron chi connectivity index (χ0n) is 12.8. The minimum Gasteiger partial charge on any atom is -0.462 e. The van der Waals surface area contributed by atoms with Crippen molar-refractivity contribution < 1.29 is 9.53 Å². The zero-order chi connectivity index (χ0) is 15.3. The Balaban J connectivity index is 3.16. The summed E-state index contributed by atoms with van der Waals surface area (Å²) in [6.07, 6.45) is 0. The Hall–Kier alpha value is -2.08. The molecule has 1 rings (SSSR count). The molecule has 106 valence electrons. The van der Waals surface area contributed by atoms with Gasteiger partial charge >= 0.3 is 5.97 Å². The van der Waals surface area contributed by atoms with Crippen molar-refractivity contribution in [1.29, 1.82) is 5.26 Å². The summed E-state index contributed by atoms with van der Waals surface area (Å²) in [7, 11) is 0. The van der Waals surface area contributed by atoms with E-state index in [0.29, 0.717) is 5.57 Å². The van der Waals surface area contributed by atoms with E-state index in [-0.39, 0.29) is 17.6 Å². The highest BCUT2D eigenvalue weighted by Crippen LogP contribution is 2.25. The second kappa shape index (κ2) is 6.38. The molecular weight excluding hydrogens is 250 g/mol. The van der Waals surface area contributed by atoms with E-state index in [1.165, 1.54) is 5.56 Å². The Morgan fingerprint density at radius 3 is 2.20 bits per heavy atom. The van der Waals surface area contributed by atoms with Gasteiger partial charge in [-0.1, -0.05) is 45.0 Å². The molecule has 0 spiro atoms. The zero-order valence-corrected chi connectivity index (χ0v) is 12.8. The number of carbonyl (C=O) groups excluding carboxylic acids is 1. The predicted molar refractivity (Wildman–Crippen MR) is 80.0 cm³/mol. The molecule has 0 aliphatic rings. The molecule has 0 aromatic heterocycles. The van der Waals surface area contributed by atoms with Gasteiger partial charge in [0.1, 0.15) is 11.6 Å². The maximum atomic E-state index is 11.7. The van der Waals surface area contributed by atoms with Crippen LogP contribution in [0.25, 0.3) is 5.57 Å². The van der Waals surface area contributed by atoms with Crippen LogP contribution >= 0.6 is 0 Å². The van der Waals surface area contributed by atoms with Crippen molar-refractivity contribution in [3.63, 3.8) is 0 Å². The smallest absolute Gasteiger partial charge is 0.349 e.